The number of para-hydroxylation sites is 1. The maximum absolute atomic E-state index is 13.0. The molecule has 0 bridgehead atoms. The Morgan fingerprint density at radius 1 is 1.07 bits per heavy atom. The molecule has 0 unspecified atom stereocenters. The van der Waals surface area contributed by atoms with Gasteiger partial charge in [-0.25, -0.2) is 0 Å². The summed E-state index contributed by atoms with van der Waals surface area (Å²) in [5.74, 6) is -0.845. The van der Waals surface area contributed by atoms with Gasteiger partial charge < -0.3 is 15.6 Å². The fraction of sp³-hybridized carbons (Fsp3) is 0.273. The highest BCUT2D eigenvalue weighted by molar-refractivity contribution is 5.89. The first-order valence-electron chi connectivity index (χ1n) is 9.45. The molecule has 0 aliphatic rings. The van der Waals surface area contributed by atoms with Gasteiger partial charge in [-0.1, -0.05) is 30.3 Å². The number of carbonyl (C=O) groups excluding carboxylic acids is 2. The third-order valence-corrected chi connectivity index (χ3v) is 4.87. The lowest BCUT2D eigenvalue weighted by atomic mass is 10.0. The van der Waals surface area contributed by atoms with E-state index in [0.29, 0.717) is 5.56 Å². The van der Waals surface area contributed by atoms with Crippen LogP contribution < -0.4 is 10.6 Å². The second-order valence-electron chi connectivity index (χ2n) is 7.17. The number of hydrogen-bond acceptors (Lipinski definition) is 2. The van der Waals surface area contributed by atoms with Crippen LogP contribution >= 0.6 is 0 Å². The topological polar surface area (TPSA) is 74.0 Å². The van der Waals surface area contributed by atoms with Gasteiger partial charge in [-0.2, -0.15) is 13.2 Å². The number of fused-ring (bicyclic) bond motifs is 1. The molecule has 0 fully saturated rings. The lowest BCUT2D eigenvalue weighted by Gasteiger charge is -2.21. The largest absolute Gasteiger partial charge is 0.416 e. The Hall–Kier alpha value is -3.29. The van der Waals surface area contributed by atoms with E-state index in [1.54, 1.807) is 13.1 Å². The van der Waals surface area contributed by atoms with Crippen molar-refractivity contribution in [3.8, 4) is 0 Å². The van der Waals surface area contributed by atoms with Gasteiger partial charge >= 0.3 is 6.18 Å². The first-order chi connectivity index (χ1) is 14.1. The molecule has 158 valence electrons. The lowest BCUT2D eigenvalue weighted by molar-refractivity contribution is -0.137. The first-order valence-corrected chi connectivity index (χ1v) is 9.45. The van der Waals surface area contributed by atoms with Crippen molar-refractivity contribution in [2.75, 3.05) is 0 Å². The van der Waals surface area contributed by atoms with E-state index in [1.807, 2.05) is 24.3 Å². The van der Waals surface area contributed by atoms with E-state index >= 15 is 0 Å². The second-order valence-corrected chi connectivity index (χ2v) is 7.17. The summed E-state index contributed by atoms with van der Waals surface area (Å²) in [4.78, 5) is 27.6. The molecular weight excluding hydrogens is 395 g/mol. The number of carbonyl (C=O) groups is 2. The van der Waals surface area contributed by atoms with E-state index in [0.717, 1.165) is 28.6 Å². The Morgan fingerprint density at radius 3 is 2.50 bits per heavy atom. The summed E-state index contributed by atoms with van der Waals surface area (Å²) in [6, 6.07) is 10.9. The molecule has 2 aromatic carbocycles. The number of H-pyrrole nitrogens is 1. The van der Waals surface area contributed by atoms with Crippen LogP contribution in [0.4, 0.5) is 13.2 Å². The van der Waals surface area contributed by atoms with Gasteiger partial charge in [0.05, 0.1) is 11.6 Å². The van der Waals surface area contributed by atoms with E-state index in [1.165, 1.54) is 19.1 Å². The Bertz CT molecular complexity index is 1060. The number of nitrogens with one attached hydrogen (secondary N) is 3. The fourth-order valence-electron chi connectivity index (χ4n) is 3.36. The van der Waals surface area contributed by atoms with Crippen molar-refractivity contribution in [2.24, 2.45) is 0 Å². The van der Waals surface area contributed by atoms with Crippen LogP contribution in [0.2, 0.25) is 0 Å². The highest BCUT2D eigenvalue weighted by atomic mass is 19.4. The maximum Gasteiger partial charge on any atom is 0.416 e. The Labute approximate surface area is 171 Å². The first kappa shape index (κ1) is 21.4. The monoisotopic (exact) mass is 417 g/mol. The van der Waals surface area contributed by atoms with Crippen LogP contribution in [0.1, 0.15) is 36.6 Å². The maximum atomic E-state index is 13.0. The number of benzene rings is 2. The van der Waals surface area contributed by atoms with Gasteiger partial charge in [0.25, 0.3) is 0 Å². The molecule has 0 aliphatic carbocycles. The normalized spacial score (nSPS) is 13.6. The molecular formula is C22H22F3N3O2. The number of amides is 2. The van der Waals surface area contributed by atoms with Crippen LogP contribution in [0, 0.1) is 0 Å². The number of aromatic nitrogens is 1. The van der Waals surface area contributed by atoms with Gasteiger partial charge in [0.2, 0.25) is 11.8 Å². The van der Waals surface area contributed by atoms with Crippen molar-refractivity contribution >= 4 is 22.7 Å². The SMILES string of the molecule is CC(=O)N[C@@H](Cc1c[nH]c2ccccc12)C(=O)N[C@H](C)c1cccc(C(F)(F)F)c1. The molecule has 0 saturated heterocycles. The Morgan fingerprint density at radius 2 is 1.80 bits per heavy atom. The predicted octanol–water partition coefficient (Wildman–Crippen LogP) is 4.11. The van der Waals surface area contributed by atoms with Crippen LogP contribution in [0.3, 0.4) is 0 Å². The average molecular weight is 417 g/mol. The van der Waals surface area contributed by atoms with Gasteiger partial charge in [0.1, 0.15) is 6.04 Å². The molecule has 2 atom stereocenters. The van der Waals surface area contributed by atoms with E-state index in [9.17, 15) is 22.8 Å². The molecule has 1 aromatic heterocycles. The third kappa shape index (κ3) is 5.00. The molecule has 8 heteroatoms. The van der Waals surface area contributed by atoms with Crippen LogP contribution in [0.15, 0.2) is 54.7 Å². The zero-order valence-corrected chi connectivity index (χ0v) is 16.5. The van der Waals surface area contributed by atoms with Crippen LogP contribution in [-0.2, 0) is 22.2 Å². The third-order valence-electron chi connectivity index (χ3n) is 4.87. The molecule has 3 N–H and O–H groups in total. The molecule has 2 amide bonds. The quantitative estimate of drug-likeness (QED) is 0.565. The van der Waals surface area contributed by atoms with Gasteiger partial charge in [-0.3, -0.25) is 9.59 Å². The summed E-state index contributed by atoms with van der Waals surface area (Å²) in [5, 5.41) is 6.28. The zero-order chi connectivity index (χ0) is 21.9. The number of rotatable bonds is 6. The Kier molecular flexibility index (Phi) is 6.14. The molecule has 0 aliphatic heterocycles. The van der Waals surface area contributed by atoms with Crippen LogP contribution in [0.25, 0.3) is 10.9 Å². The standard InChI is InChI=1S/C22H22F3N3O2/c1-13(15-6-5-7-17(10-15)22(23,24)25)27-21(30)20(28-14(2)29)11-16-12-26-19-9-4-3-8-18(16)19/h3-10,12-13,20,26H,11H2,1-2H3,(H,27,30)(H,28,29)/t13-,20+/m1/s1. The molecule has 0 radical (unpaired) electrons. The summed E-state index contributed by atoms with van der Waals surface area (Å²) in [5.41, 5.74) is 1.31. The van der Waals surface area contributed by atoms with E-state index < -0.39 is 29.7 Å². The van der Waals surface area contributed by atoms with Gasteiger partial charge in [0.15, 0.2) is 0 Å². The second kappa shape index (κ2) is 8.61. The van der Waals surface area contributed by atoms with Crippen molar-refractivity contribution in [1.29, 1.82) is 0 Å². The number of halogens is 3. The summed E-state index contributed by atoms with van der Waals surface area (Å²) in [6.45, 7) is 2.91. The zero-order valence-electron chi connectivity index (χ0n) is 16.5. The molecule has 3 rings (SSSR count). The fourth-order valence-corrected chi connectivity index (χ4v) is 3.36. The lowest BCUT2D eigenvalue weighted by Crippen LogP contribution is -2.47. The van der Waals surface area contributed by atoms with Crippen molar-refractivity contribution in [1.82, 2.24) is 15.6 Å². The van der Waals surface area contributed by atoms with Gasteiger partial charge in [-0.15, -0.1) is 0 Å². The highest BCUT2D eigenvalue weighted by Crippen LogP contribution is 2.30. The van der Waals surface area contributed by atoms with Crippen molar-refractivity contribution in [3.05, 3.63) is 71.4 Å². The average Bonchev–Trinajstić information content (AvgIpc) is 3.09. The minimum absolute atomic E-state index is 0.241. The van der Waals surface area contributed by atoms with Gasteiger partial charge in [0, 0.05) is 30.4 Å². The molecule has 30 heavy (non-hydrogen) atoms. The summed E-state index contributed by atoms with van der Waals surface area (Å²) in [7, 11) is 0. The van der Waals surface area contributed by atoms with Gasteiger partial charge in [-0.05, 0) is 36.2 Å². The molecule has 5 nitrogen and oxygen atoms in total. The van der Waals surface area contributed by atoms with Crippen molar-refractivity contribution in [3.63, 3.8) is 0 Å². The number of hydrogen-bond donors (Lipinski definition) is 3. The highest BCUT2D eigenvalue weighted by Gasteiger charge is 2.31. The minimum Gasteiger partial charge on any atom is -0.361 e. The summed E-state index contributed by atoms with van der Waals surface area (Å²) in [6.07, 6.45) is -2.44. The molecule has 0 spiro atoms. The number of aromatic amines is 1. The minimum atomic E-state index is -4.46. The number of alkyl halides is 3. The van der Waals surface area contributed by atoms with E-state index in [-0.39, 0.29) is 12.3 Å². The van der Waals surface area contributed by atoms with Crippen molar-refractivity contribution < 1.29 is 22.8 Å². The predicted molar refractivity (Wildman–Crippen MR) is 108 cm³/mol. The Balaban J connectivity index is 1.78. The smallest absolute Gasteiger partial charge is 0.361 e. The van der Waals surface area contributed by atoms with E-state index in [2.05, 4.69) is 15.6 Å². The molecule has 1 heterocycles. The molecule has 3 aromatic rings. The van der Waals surface area contributed by atoms with Crippen LogP contribution in [-0.4, -0.2) is 22.8 Å². The van der Waals surface area contributed by atoms with Crippen LogP contribution in [0.5, 0.6) is 0 Å². The van der Waals surface area contributed by atoms with Crippen molar-refractivity contribution in [2.45, 2.75) is 38.5 Å². The summed E-state index contributed by atoms with van der Waals surface area (Å²) >= 11 is 0. The molecule has 0 saturated carbocycles. The van der Waals surface area contributed by atoms with E-state index in [4.69, 9.17) is 0 Å². The summed E-state index contributed by atoms with van der Waals surface area (Å²) < 4.78 is 38.9.